The van der Waals surface area contributed by atoms with Crippen molar-refractivity contribution < 1.29 is 9.09 Å². The van der Waals surface area contributed by atoms with E-state index in [9.17, 15) is 4.57 Å². The molecule has 0 bridgehead atoms. The summed E-state index contributed by atoms with van der Waals surface area (Å²) < 4.78 is 16.6. The molecule has 2 nitrogen and oxygen atoms in total. The Labute approximate surface area is 67.8 Å². The van der Waals surface area contributed by atoms with Gasteiger partial charge in [-0.05, 0) is 5.92 Å². The molecule has 1 heterocycles. The molecule has 0 amide bonds. The van der Waals surface area contributed by atoms with Gasteiger partial charge in [0, 0.05) is 18.7 Å². The van der Waals surface area contributed by atoms with Crippen LogP contribution >= 0.6 is 7.37 Å². The number of hydrogen-bond acceptors (Lipinski definition) is 2. The standard InChI is InChI=1S/C8H13O2P/c1-4-8-5-10-11(3,9)6-7(8)2/h1,7-8H,5-6H2,2-3H3. The van der Waals surface area contributed by atoms with E-state index in [1.54, 1.807) is 6.66 Å². The summed E-state index contributed by atoms with van der Waals surface area (Å²) in [6, 6.07) is 0. The van der Waals surface area contributed by atoms with Gasteiger partial charge < -0.3 is 4.52 Å². The molecular formula is C8H13O2P. The SMILES string of the molecule is C#CC1COP(C)(=O)CC1C. The summed E-state index contributed by atoms with van der Waals surface area (Å²) in [5.74, 6) is 3.13. The molecule has 3 atom stereocenters. The highest BCUT2D eigenvalue weighted by Crippen LogP contribution is 2.49. The number of terminal acetylenes is 1. The van der Waals surface area contributed by atoms with E-state index in [4.69, 9.17) is 10.9 Å². The zero-order valence-electron chi connectivity index (χ0n) is 6.91. The summed E-state index contributed by atoms with van der Waals surface area (Å²) in [5, 5.41) is 0. The monoisotopic (exact) mass is 172 g/mol. The first-order valence-corrected chi connectivity index (χ1v) is 5.98. The predicted octanol–water partition coefficient (Wildman–Crippen LogP) is 1.81. The molecule has 0 aromatic carbocycles. The highest BCUT2D eigenvalue weighted by molar-refractivity contribution is 7.58. The molecule has 0 aromatic rings. The van der Waals surface area contributed by atoms with E-state index in [-0.39, 0.29) is 5.92 Å². The third kappa shape index (κ3) is 2.09. The number of rotatable bonds is 0. The lowest BCUT2D eigenvalue weighted by Gasteiger charge is -2.29. The Morgan fingerprint density at radius 3 is 2.82 bits per heavy atom. The van der Waals surface area contributed by atoms with Gasteiger partial charge in [-0.15, -0.1) is 12.3 Å². The van der Waals surface area contributed by atoms with Crippen LogP contribution in [0, 0.1) is 24.2 Å². The zero-order chi connectivity index (χ0) is 8.48. The van der Waals surface area contributed by atoms with Crippen LogP contribution < -0.4 is 0 Å². The van der Waals surface area contributed by atoms with Crippen LogP contribution in [0.2, 0.25) is 0 Å². The second-order valence-electron chi connectivity index (χ2n) is 3.24. The minimum absolute atomic E-state index is 0.150. The molecule has 0 radical (unpaired) electrons. The zero-order valence-corrected chi connectivity index (χ0v) is 7.80. The van der Waals surface area contributed by atoms with Gasteiger partial charge in [0.1, 0.15) is 0 Å². The molecule has 1 aliphatic rings. The van der Waals surface area contributed by atoms with Crippen LogP contribution in [0.5, 0.6) is 0 Å². The largest absolute Gasteiger partial charge is 0.327 e. The summed E-state index contributed by atoms with van der Waals surface area (Å²) in [6.45, 7) is 4.17. The number of hydrogen-bond donors (Lipinski definition) is 0. The van der Waals surface area contributed by atoms with Gasteiger partial charge in [0.15, 0.2) is 0 Å². The van der Waals surface area contributed by atoms with Crippen molar-refractivity contribution in [2.45, 2.75) is 6.92 Å². The van der Waals surface area contributed by atoms with Crippen molar-refractivity contribution in [3.05, 3.63) is 0 Å². The van der Waals surface area contributed by atoms with E-state index in [0.717, 1.165) is 0 Å². The Hall–Kier alpha value is -0.250. The second kappa shape index (κ2) is 3.01. The molecule has 1 saturated heterocycles. The predicted molar refractivity (Wildman–Crippen MR) is 45.8 cm³/mol. The van der Waals surface area contributed by atoms with Gasteiger partial charge in [-0.1, -0.05) is 6.92 Å². The molecule has 0 spiro atoms. The molecule has 0 N–H and O–H groups in total. The minimum atomic E-state index is -2.29. The van der Waals surface area contributed by atoms with Crippen molar-refractivity contribution in [3.8, 4) is 12.3 Å². The van der Waals surface area contributed by atoms with Crippen molar-refractivity contribution in [1.29, 1.82) is 0 Å². The molecule has 11 heavy (non-hydrogen) atoms. The summed E-state index contributed by atoms with van der Waals surface area (Å²) in [4.78, 5) is 0. The average Bonchev–Trinajstić information content (AvgIpc) is 1.86. The normalized spacial score (nSPS) is 44.8. The summed E-state index contributed by atoms with van der Waals surface area (Å²) in [7, 11) is -2.29. The van der Waals surface area contributed by atoms with Crippen LogP contribution in [0.1, 0.15) is 6.92 Å². The van der Waals surface area contributed by atoms with Crippen molar-refractivity contribution in [2.75, 3.05) is 19.4 Å². The fraction of sp³-hybridized carbons (Fsp3) is 0.750. The van der Waals surface area contributed by atoms with Crippen LogP contribution in [0.3, 0.4) is 0 Å². The fourth-order valence-electron chi connectivity index (χ4n) is 1.32. The topological polar surface area (TPSA) is 26.3 Å². The minimum Gasteiger partial charge on any atom is -0.327 e. The highest BCUT2D eigenvalue weighted by Gasteiger charge is 2.31. The first-order valence-electron chi connectivity index (χ1n) is 3.72. The molecule has 0 aromatic heterocycles. The van der Waals surface area contributed by atoms with Gasteiger partial charge in [0.25, 0.3) is 0 Å². The third-order valence-corrected chi connectivity index (χ3v) is 3.98. The highest BCUT2D eigenvalue weighted by atomic mass is 31.2. The first kappa shape index (κ1) is 8.84. The van der Waals surface area contributed by atoms with E-state index in [2.05, 4.69) is 5.92 Å². The molecule has 0 aliphatic carbocycles. The first-order chi connectivity index (χ1) is 5.05. The Morgan fingerprint density at radius 2 is 2.36 bits per heavy atom. The Bertz CT molecular complexity index is 229. The smallest absolute Gasteiger partial charge is 0.200 e. The third-order valence-electron chi connectivity index (χ3n) is 2.05. The Morgan fingerprint density at radius 1 is 1.73 bits per heavy atom. The van der Waals surface area contributed by atoms with Crippen LogP contribution in [0.4, 0.5) is 0 Å². The van der Waals surface area contributed by atoms with E-state index < -0.39 is 7.37 Å². The molecule has 3 heteroatoms. The van der Waals surface area contributed by atoms with Gasteiger partial charge in [-0.3, -0.25) is 4.57 Å². The van der Waals surface area contributed by atoms with Crippen molar-refractivity contribution in [2.24, 2.45) is 11.8 Å². The summed E-state index contributed by atoms with van der Waals surface area (Å²) >= 11 is 0. The Kier molecular flexibility index (Phi) is 2.42. The van der Waals surface area contributed by atoms with Gasteiger partial charge >= 0.3 is 0 Å². The summed E-state index contributed by atoms with van der Waals surface area (Å²) in [5.41, 5.74) is 0. The van der Waals surface area contributed by atoms with Gasteiger partial charge in [-0.25, -0.2) is 0 Å². The van der Waals surface area contributed by atoms with Crippen LogP contribution in [-0.2, 0) is 9.09 Å². The van der Waals surface area contributed by atoms with Crippen molar-refractivity contribution >= 4 is 7.37 Å². The maximum atomic E-state index is 11.4. The summed E-state index contributed by atoms with van der Waals surface area (Å²) in [6.07, 6.45) is 5.89. The van der Waals surface area contributed by atoms with E-state index in [0.29, 0.717) is 18.7 Å². The van der Waals surface area contributed by atoms with Crippen molar-refractivity contribution in [3.63, 3.8) is 0 Å². The van der Waals surface area contributed by atoms with Gasteiger partial charge in [0.05, 0.1) is 6.61 Å². The molecule has 1 fully saturated rings. The van der Waals surface area contributed by atoms with Crippen LogP contribution in [0.15, 0.2) is 0 Å². The quantitative estimate of drug-likeness (QED) is 0.411. The van der Waals surface area contributed by atoms with Gasteiger partial charge in [-0.2, -0.15) is 0 Å². The average molecular weight is 172 g/mol. The maximum Gasteiger partial charge on any atom is 0.200 e. The molecule has 62 valence electrons. The van der Waals surface area contributed by atoms with E-state index >= 15 is 0 Å². The lowest BCUT2D eigenvalue weighted by atomic mass is 9.98. The molecule has 1 rings (SSSR count). The van der Waals surface area contributed by atoms with E-state index in [1.807, 2.05) is 6.92 Å². The van der Waals surface area contributed by atoms with Crippen molar-refractivity contribution in [1.82, 2.24) is 0 Å². The molecular weight excluding hydrogens is 159 g/mol. The lowest BCUT2D eigenvalue weighted by Crippen LogP contribution is -2.24. The second-order valence-corrected chi connectivity index (χ2v) is 5.89. The maximum absolute atomic E-state index is 11.4. The molecule has 0 saturated carbocycles. The van der Waals surface area contributed by atoms with Crippen LogP contribution in [-0.4, -0.2) is 19.4 Å². The molecule has 3 unspecified atom stereocenters. The lowest BCUT2D eigenvalue weighted by molar-refractivity contribution is 0.221. The van der Waals surface area contributed by atoms with Crippen LogP contribution in [0.25, 0.3) is 0 Å². The van der Waals surface area contributed by atoms with Gasteiger partial charge in [0.2, 0.25) is 7.37 Å². The molecule has 1 aliphatic heterocycles. The Balaban J connectivity index is 2.64. The fourth-order valence-corrected chi connectivity index (χ4v) is 3.20. The van der Waals surface area contributed by atoms with E-state index in [1.165, 1.54) is 0 Å².